The first-order valence-corrected chi connectivity index (χ1v) is 9.95. The summed E-state index contributed by atoms with van der Waals surface area (Å²) in [7, 11) is 0. The van der Waals surface area contributed by atoms with Crippen LogP contribution >= 0.6 is 0 Å². The average Bonchev–Trinajstić information content (AvgIpc) is 3.17. The van der Waals surface area contributed by atoms with Gasteiger partial charge in [0.2, 0.25) is 0 Å². The van der Waals surface area contributed by atoms with Crippen molar-refractivity contribution in [2.75, 3.05) is 19.7 Å². The number of rotatable bonds is 6. The fraction of sp³-hybridized carbons (Fsp3) is 0.591. The summed E-state index contributed by atoms with van der Waals surface area (Å²) < 4.78 is 5.20. The number of ether oxygens (including phenoxy) is 1. The van der Waals surface area contributed by atoms with Crippen LogP contribution in [0.1, 0.15) is 63.4 Å². The average molecular weight is 389 g/mol. The van der Waals surface area contributed by atoms with E-state index in [0.29, 0.717) is 18.7 Å². The van der Waals surface area contributed by atoms with E-state index in [1.165, 1.54) is 0 Å². The topological polar surface area (TPSA) is 75.7 Å². The first kappa shape index (κ1) is 21.9. The van der Waals surface area contributed by atoms with Gasteiger partial charge in [-0.15, -0.1) is 0 Å². The van der Waals surface area contributed by atoms with E-state index in [4.69, 9.17) is 4.74 Å². The van der Waals surface area contributed by atoms with Crippen LogP contribution in [-0.2, 0) is 19.7 Å². The first-order chi connectivity index (χ1) is 13.1. The van der Waals surface area contributed by atoms with Gasteiger partial charge in [-0.25, -0.2) is 4.79 Å². The lowest BCUT2D eigenvalue weighted by Crippen LogP contribution is -2.46. The Balaban J connectivity index is 1.96. The summed E-state index contributed by atoms with van der Waals surface area (Å²) in [6.07, 6.45) is 1.97. The standard InChI is InChI=1S/C22H32N2O4/c1-15(2)19(21(27)28-14-18(25)24-12-6-7-13-24)23-20(26)16-8-10-17(11-9-16)22(3,4)5/h8-11,15,19H,6-7,12-14H2,1-5H3,(H,23,26)/t19-/m1/s1. The Bertz CT molecular complexity index is 698. The molecule has 1 aromatic rings. The van der Waals surface area contributed by atoms with Crippen molar-refractivity contribution >= 4 is 17.8 Å². The van der Waals surface area contributed by atoms with Gasteiger partial charge in [-0.05, 0) is 41.9 Å². The van der Waals surface area contributed by atoms with Gasteiger partial charge in [0.15, 0.2) is 6.61 Å². The Morgan fingerprint density at radius 2 is 1.64 bits per heavy atom. The van der Waals surface area contributed by atoms with Crippen molar-refractivity contribution in [2.24, 2.45) is 5.92 Å². The van der Waals surface area contributed by atoms with E-state index in [1.54, 1.807) is 17.0 Å². The summed E-state index contributed by atoms with van der Waals surface area (Å²) in [4.78, 5) is 38.8. The SMILES string of the molecule is CC(C)[C@@H](NC(=O)c1ccc(C(C)(C)C)cc1)C(=O)OCC(=O)N1CCCC1. The van der Waals surface area contributed by atoms with Crippen LogP contribution in [-0.4, -0.2) is 48.4 Å². The van der Waals surface area contributed by atoms with Crippen LogP contribution < -0.4 is 5.32 Å². The summed E-state index contributed by atoms with van der Waals surface area (Å²) in [6.45, 7) is 11.1. The van der Waals surface area contributed by atoms with E-state index < -0.39 is 12.0 Å². The van der Waals surface area contributed by atoms with E-state index in [0.717, 1.165) is 18.4 Å². The van der Waals surface area contributed by atoms with Gasteiger partial charge in [-0.1, -0.05) is 46.8 Å². The van der Waals surface area contributed by atoms with Gasteiger partial charge in [0.05, 0.1) is 0 Å². The number of esters is 1. The number of hydrogen-bond acceptors (Lipinski definition) is 4. The van der Waals surface area contributed by atoms with Crippen LogP contribution in [0.5, 0.6) is 0 Å². The van der Waals surface area contributed by atoms with Crippen molar-refractivity contribution in [2.45, 2.75) is 58.9 Å². The van der Waals surface area contributed by atoms with E-state index in [-0.39, 0.29) is 29.8 Å². The third kappa shape index (κ3) is 5.81. The number of carbonyl (C=O) groups is 3. The second-order valence-electron chi connectivity index (χ2n) is 8.72. The lowest BCUT2D eigenvalue weighted by atomic mass is 9.86. The molecule has 0 aromatic heterocycles. The largest absolute Gasteiger partial charge is 0.454 e. The Hall–Kier alpha value is -2.37. The zero-order valence-corrected chi connectivity index (χ0v) is 17.6. The summed E-state index contributed by atoms with van der Waals surface area (Å²) in [5, 5.41) is 2.75. The van der Waals surface area contributed by atoms with Crippen molar-refractivity contribution in [1.29, 1.82) is 0 Å². The highest BCUT2D eigenvalue weighted by Gasteiger charge is 2.28. The number of nitrogens with zero attached hydrogens (tertiary/aromatic N) is 1. The minimum Gasteiger partial charge on any atom is -0.454 e. The lowest BCUT2D eigenvalue weighted by Gasteiger charge is -2.22. The molecule has 2 rings (SSSR count). The minimum absolute atomic E-state index is 0.00115. The molecule has 6 heteroatoms. The molecule has 1 aliphatic heterocycles. The molecule has 154 valence electrons. The summed E-state index contributed by atoms with van der Waals surface area (Å²) in [5.41, 5.74) is 1.62. The molecule has 6 nitrogen and oxygen atoms in total. The van der Waals surface area contributed by atoms with Crippen molar-refractivity contribution in [1.82, 2.24) is 10.2 Å². The number of likely N-dealkylation sites (tertiary alicyclic amines) is 1. The molecule has 0 aliphatic carbocycles. The third-order valence-corrected chi connectivity index (χ3v) is 5.02. The van der Waals surface area contributed by atoms with Gasteiger partial charge in [0.25, 0.3) is 11.8 Å². The van der Waals surface area contributed by atoms with Gasteiger partial charge >= 0.3 is 5.97 Å². The predicted octanol–water partition coefficient (Wildman–Crippen LogP) is 2.90. The molecule has 1 fully saturated rings. The first-order valence-electron chi connectivity index (χ1n) is 9.95. The zero-order chi connectivity index (χ0) is 20.9. The molecular formula is C22H32N2O4. The van der Waals surface area contributed by atoms with E-state index in [9.17, 15) is 14.4 Å². The third-order valence-electron chi connectivity index (χ3n) is 5.02. The highest BCUT2D eigenvalue weighted by atomic mass is 16.5. The summed E-state index contributed by atoms with van der Waals surface area (Å²) in [5.74, 6) is -1.26. The van der Waals surface area contributed by atoms with Gasteiger partial charge < -0.3 is 15.0 Å². The van der Waals surface area contributed by atoms with Crippen LogP contribution in [0.25, 0.3) is 0 Å². The number of hydrogen-bond donors (Lipinski definition) is 1. The fourth-order valence-corrected chi connectivity index (χ4v) is 3.12. The zero-order valence-electron chi connectivity index (χ0n) is 17.6. The minimum atomic E-state index is -0.804. The molecule has 0 bridgehead atoms. The molecule has 28 heavy (non-hydrogen) atoms. The Labute approximate surface area is 167 Å². The van der Waals surface area contributed by atoms with Crippen molar-refractivity contribution < 1.29 is 19.1 Å². The molecule has 1 heterocycles. The second-order valence-corrected chi connectivity index (χ2v) is 8.72. The highest BCUT2D eigenvalue weighted by molar-refractivity contribution is 5.97. The maximum atomic E-state index is 12.6. The van der Waals surface area contributed by atoms with Gasteiger partial charge in [-0.2, -0.15) is 0 Å². The van der Waals surface area contributed by atoms with E-state index in [2.05, 4.69) is 26.1 Å². The number of nitrogens with one attached hydrogen (secondary N) is 1. The van der Waals surface area contributed by atoms with E-state index in [1.807, 2.05) is 26.0 Å². The monoisotopic (exact) mass is 388 g/mol. The van der Waals surface area contributed by atoms with Gasteiger partial charge in [-0.3, -0.25) is 9.59 Å². The Kier molecular flexibility index (Phi) is 7.22. The summed E-state index contributed by atoms with van der Waals surface area (Å²) in [6, 6.07) is 6.56. The Morgan fingerprint density at radius 1 is 1.07 bits per heavy atom. The highest BCUT2D eigenvalue weighted by Crippen LogP contribution is 2.22. The molecular weight excluding hydrogens is 356 g/mol. The molecule has 2 amide bonds. The number of amides is 2. The number of carbonyl (C=O) groups excluding carboxylic acids is 3. The quantitative estimate of drug-likeness (QED) is 0.761. The van der Waals surface area contributed by atoms with Crippen LogP contribution in [0.3, 0.4) is 0 Å². The molecule has 1 aliphatic rings. The predicted molar refractivity (Wildman–Crippen MR) is 108 cm³/mol. The van der Waals surface area contributed by atoms with Crippen LogP contribution in [0.15, 0.2) is 24.3 Å². The molecule has 1 saturated heterocycles. The maximum Gasteiger partial charge on any atom is 0.329 e. The van der Waals surface area contributed by atoms with Crippen molar-refractivity contribution in [3.05, 3.63) is 35.4 Å². The fourth-order valence-electron chi connectivity index (χ4n) is 3.12. The van der Waals surface area contributed by atoms with Crippen LogP contribution in [0.2, 0.25) is 0 Å². The summed E-state index contributed by atoms with van der Waals surface area (Å²) >= 11 is 0. The molecule has 0 radical (unpaired) electrons. The molecule has 0 saturated carbocycles. The lowest BCUT2D eigenvalue weighted by molar-refractivity contribution is -0.154. The molecule has 0 unspecified atom stereocenters. The smallest absolute Gasteiger partial charge is 0.329 e. The van der Waals surface area contributed by atoms with Gasteiger partial charge in [0.1, 0.15) is 6.04 Å². The van der Waals surface area contributed by atoms with Crippen LogP contribution in [0.4, 0.5) is 0 Å². The van der Waals surface area contributed by atoms with Crippen molar-refractivity contribution in [3.63, 3.8) is 0 Å². The number of benzene rings is 1. The Morgan fingerprint density at radius 3 is 2.14 bits per heavy atom. The normalized spacial score (nSPS) is 15.4. The molecule has 0 spiro atoms. The maximum absolute atomic E-state index is 12.6. The van der Waals surface area contributed by atoms with Gasteiger partial charge in [0, 0.05) is 18.7 Å². The van der Waals surface area contributed by atoms with E-state index >= 15 is 0 Å². The second kappa shape index (κ2) is 9.22. The molecule has 1 aromatic carbocycles. The van der Waals surface area contributed by atoms with Crippen molar-refractivity contribution in [3.8, 4) is 0 Å². The molecule has 1 N–H and O–H groups in total. The molecule has 1 atom stereocenters. The van der Waals surface area contributed by atoms with Crippen LogP contribution in [0, 0.1) is 5.92 Å².